The van der Waals surface area contributed by atoms with E-state index in [1.165, 1.54) is 29.6 Å². The van der Waals surface area contributed by atoms with Crippen molar-refractivity contribution in [3.63, 3.8) is 0 Å². The van der Waals surface area contributed by atoms with Crippen molar-refractivity contribution >= 4 is 28.0 Å². The lowest BCUT2D eigenvalue weighted by Crippen LogP contribution is -2.45. The van der Waals surface area contributed by atoms with Crippen molar-refractivity contribution in [2.45, 2.75) is 37.5 Å². The lowest BCUT2D eigenvalue weighted by Gasteiger charge is -2.22. The van der Waals surface area contributed by atoms with E-state index in [0.717, 1.165) is 25.7 Å². The summed E-state index contributed by atoms with van der Waals surface area (Å²) in [5.41, 5.74) is 0.225. The maximum Gasteiger partial charge on any atom is 0.338 e. The minimum atomic E-state index is -3.89. The summed E-state index contributed by atoms with van der Waals surface area (Å²) in [4.78, 5) is 36.4. The minimum Gasteiger partial charge on any atom is -0.495 e. The van der Waals surface area contributed by atoms with Crippen LogP contribution in [0.2, 0.25) is 0 Å². The number of ether oxygens (including phenoxy) is 3. The van der Waals surface area contributed by atoms with Crippen LogP contribution in [0.25, 0.3) is 0 Å². The second-order valence-corrected chi connectivity index (χ2v) is 9.65. The van der Waals surface area contributed by atoms with E-state index in [1.54, 1.807) is 6.92 Å². The van der Waals surface area contributed by atoms with Crippen molar-refractivity contribution in [1.29, 1.82) is 0 Å². The van der Waals surface area contributed by atoms with E-state index in [0.29, 0.717) is 13.1 Å². The third kappa shape index (κ3) is 5.86. The van der Waals surface area contributed by atoms with Gasteiger partial charge in [0.25, 0.3) is 0 Å². The van der Waals surface area contributed by atoms with E-state index in [-0.39, 0.29) is 40.6 Å². The Morgan fingerprint density at radius 1 is 1.06 bits per heavy atom. The van der Waals surface area contributed by atoms with Crippen molar-refractivity contribution < 1.29 is 37.0 Å². The van der Waals surface area contributed by atoms with Crippen molar-refractivity contribution in [1.82, 2.24) is 14.9 Å². The number of hydrogen-bond donors (Lipinski definition) is 2. The van der Waals surface area contributed by atoms with Crippen LogP contribution < -0.4 is 15.4 Å². The Labute approximate surface area is 198 Å². The molecule has 0 radical (unpaired) electrons. The standard InChI is InChI=1S/C22H29N3O8S/c1-3-32-21(27)16-13-23-22(28)24-17(16)14-33-20(26)15-8-9-18(31-2)19(12-15)34(29,30)25-10-6-4-5-7-11-25/h8-9,12H,3-7,10-11,13-14H2,1-2H3,(H2,23,24,28). The fourth-order valence-electron chi connectivity index (χ4n) is 3.72. The summed E-state index contributed by atoms with van der Waals surface area (Å²) in [6, 6.07) is 3.47. The molecule has 2 aliphatic rings. The van der Waals surface area contributed by atoms with Crippen LogP contribution in [0.3, 0.4) is 0 Å². The zero-order valence-electron chi connectivity index (χ0n) is 19.2. The first-order valence-corrected chi connectivity index (χ1v) is 12.5. The van der Waals surface area contributed by atoms with Crippen molar-refractivity contribution in [3.8, 4) is 5.75 Å². The average molecular weight is 496 g/mol. The van der Waals surface area contributed by atoms with Crippen LogP contribution in [0.4, 0.5) is 4.79 Å². The highest BCUT2D eigenvalue weighted by Gasteiger charge is 2.30. The van der Waals surface area contributed by atoms with Gasteiger partial charge in [-0.2, -0.15) is 4.31 Å². The molecule has 2 amide bonds. The Morgan fingerprint density at radius 2 is 1.76 bits per heavy atom. The smallest absolute Gasteiger partial charge is 0.338 e. The molecule has 0 unspecified atom stereocenters. The fourth-order valence-corrected chi connectivity index (χ4v) is 5.41. The summed E-state index contributed by atoms with van der Waals surface area (Å²) in [6.45, 7) is 2.12. The zero-order chi connectivity index (χ0) is 24.7. The molecule has 11 nitrogen and oxygen atoms in total. The van der Waals surface area contributed by atoms with Gasteiger partial charge in [0.2, 0.25) is 10.0 Å². The molecule has 2 N–H and O–H groups in total. The number of rotatable bonds is 8. The molecule has 186 valence electrons. The molecule has 12 heteroatoms. The molecule has 2 aliphatic heterocycles. The van der Waals surface area contributed by atoms with Crippen LogP contribution >= 0.6 is 0 Å². The number of esters is 2. The topological polar surface area (TPSA) is 140 Å². The number of nitrogens with zero attached hydrogens (tertiary/aromatic N) is 1. The molecule has 1 saturated heterocycles. The highest BCUT2D eigenvalue weighted by atomic mass is 32.2. The highest BCUT2D eigenvalue weighted by Crippen LogP contribution is 2.29. The second kappa shape index (κ2) is 11.3. The number of carbonyl (C=O) groups is 3. The summed E-state index contributed by atoms with van der Waals surface area (Å²) in [5.74, 6) is -1.34. The lowest BCUT2D eigenvalue weighted by atomic mass is 10.1. The van der Waals surface area contributed by atoms with Gasteiger partial charge in [0.15, 0.2) is 0 Å². The molecule has 1 aromatic rings. The molecule has 0 aromatic heterocycles. The van der Waals surface area contributed by atoms with Gasteiger partial charge >= 0.3 is 18.0 Å². The van der Waals surface area contributed by atoms with Crippen LogP contribution in [0.5, 0.6) is 5.75 Å². The maximum absolute atomic E-state index is 13.3. The lowest BCUT2D eigenvalue weighted by molar-refractivity contribution is -0.138. The Kier molecular flexibility index (Phi) is 8.51. The number of urea groups is 1. The number of hydrogen-bond acceptors (Lipinski definition) is 8. The van der Waals surface area contributed by atoms with Crippen molar-refractivity contribution in [3.05, 3.63) is 35.0 Å². The van der Waals surface area contributed by atoms with Gasteiger partial charge in [-0.05, 0) is 38.0 Å². The number of sulfonamides is 1. The normalized spacial score (nSPS) is 17.3. The molecule has 0 aliphatic carbocycles. The van der Waals surface area contributed by atoms with Gasteiger partial charge in [0, 0.05) is 13.1 Å². The quantitative estimate of drug-likeness (QED) is 0.518. The molecule has 1 fully saturated rings. The van der Waals surface area contributed by atoms with Gasteiger partial charge < -0.3 is 24.8 Å². The van der Waals surface area contributed by atoms with Gasteiger partial charge in [0.05, 0.1) is 37.1 Å². The molecule has 2 heterocycles. The monoisotopic (exact) mass is 495 g/mol. The van der Waals surface area contributed by atoms with Gasteiger partial charge in [-0.1, -0.05) is 12.8 Å². The summed E-state index contributed by atoms with van der Waals surface area (Å²) >= 11 is 0. The summed E-state index contributed by atoms with van der Waals surface area (Å²) in [7, 11) is -2.53. The fraction of sp³-hybridized carbons (Fsp3) is 0.500. The largest absolute Gasteiger partial charge is 0.495 e. The third-order valence-electron chi connectivity index (χ3n) is 5.51. The van der Waals surface area contributed by atoms with Gasteiger partial charge in [-0.15, -0.1) is 0 Å². The first-order valence-electron chi connectivity index (χ1n) is 11.1. The van der Waals surface area contributed by atoms with E-state index in [1.807, 2.05) is 0 Å². The van der Waals surface area contributed by atoms with Gasteiger partial charge in [-0.3, -0.25) is 0 Å². The second-order valence-electron chi connectivity index (χ2n) is 7.75. The van der Waals surface area contributed by atoms with E-state index >= 15 is 0 Å². The molecule has 0 bridgehead atoms. The Bertz CT molecular complexity index is 1080. The van der Waals surface area contributed by atoms with Crippen LogP contribution in [0, 0.1) is 0 Å². The average Bonchev–Trinajstić information content (AvgIpc) is 3.12. The Hall–Kier alpha value is -3.12. The number of carbonyl (C=O) groups excluding carboxylic acids is 3. The molecular weight excluding hydrogens is 466 g/mol. The highest BCUT2D eigenvalue weighted by molar-refractivity contribution is 7.89. The summed E-state index contributed by atoms with van der Waals surface area (Å²) in [5, 5.41) is 4.90. The third-order valence-corrected chi connectivity index (χ3v) is 7.43. The van der Waals surface area contributed by atoms with Crippen LogP contribution in [0.1, 0.15) is 43.0 Å². The predicted octanol–water partition coefficient (Wildman–Crippen LogP) is 1.55. The van der Waals surface area contributed by atoms with Crippen LogP contribution in [0.15, 0.2) is 34.4 Å². The number of amides is 2. The Morgan fingerprint density at radius 3 is 2.41 bits per heavy atom. The molecule has 0 saturated carbocycles. The van der Waals surface area contributed by atoms with E-state index in [9.17, 15) is 22.8 Å². The first-order chi connectivity index (χ1) is 16.3. The van der Waals surface area contributed by atoms with Gasteiger partial charge in [-0.25, -0.2) is 22.8 Å². The first kappa shape index (κ1) is 25.5. The van der Waals surface area contributed by atoms with Crippen molar-refractivity contribution in [2.24, 2.45) is 0 Å². The molecule has 34 heavy (non-hydrogen) atoms. The van der Waals surface area contributed by atoms with Crippen LogP contribution in [-0.4, -0.2) is 70.7 Å². The zero-order valence-corrected chi connectivity index (χ0v) is 20.0. The number of nitrogens with one attached hydrogen (secondary N) is 2. The van der Waals surface area contributed by atoms with Gasteiger partial charge in [0.1, 0.15) is 17.3 Å². The SMILES string of the molecule is CCOC(=O)C1=C(COC(=O)c2ccc(OC)c(S(=O)(=O)N3CCCCCC3)c2)NC(=O)NC1. The van der Waals surface area contributed by atoms with E-state index < -0.39 is 34.6 Å². The minimum absolute atomic E-state index is 0.00672. The predicted molar refractivity (Wildman–Crippen MR) is 121 cm³/mol. The maximum atomic E-state index is 13.3. The van der Waals surface area contributed by atoms with Crippen LogP contribution in [-0.2, 0) is 24.3 Å². The molecule has 1 aromatic carbocycles. The van der Waals surface area contributed by atoms with Crippen molar-refractivity contribution in [2.75, 3.05) is 40.0 Å². The van der Waals surface area contributed by atoms with E-state index in [4.69, 9.17) is 14.2 Å². The summed E-state index contributed by atoms with van der Waals surface area (Å²) in [6.07, 6.45) is 3.46. The molecular formula is C22H29N3O8S. The number of methoxy groups -OCH3 is 1. The molecule has 3 rings (SSSR count). The Balaban J connectivity index is 1.82. The molecule has 0 atom stereocenters. The van der Waals surface area contributed by atoms with E-state index in [2.05, 4.69) is 10.6 Å². The summed E-state index contributed by atoms with van der Waals surface area (Å²) < 4.78 is 43.5. The molecule has 0 spiro atoms. The number of benzene rings is 1.